The molecule has 2 atom stereocenters. The first-order valence-electron chi connectivity index (χ1n) is 6.61. The van der Waals surface area contributed by atoms with Crippen LogP contribution in [0.15, 0.2) is 0 Å². The molecule has 0 rings (SSSR count). The van der Waals surface area contributed by atoms with Gasteiger partial charge >= 0.3 is 5.97 Å². The number of carbonyl (C=O) groups excluding carboxylic acids is 1. The van der Waals surface area contributed by atoms with Crippen LogP contribution < -0.4 is 5.32 Å². The van der Waals surface area contributed by atoms with Crippen molar-refractivity contribution < 1.29 is 14.7 Å². The van der Waals surface area contributed by atoms with E-state index in [9.17, 15) is 9.59 Å². The maximum atomic E-state index is 12.0. The molecule has 0 saturated heterocycles. The van der Waals surface area contributed by atoms with Gasteiger partial charge in [0.15, 0.2) is 0 Å². The number of amides is 1. The van der Waals surface area contributed by atoms with Crippen molar-refractivity contribution in [2.75, 3.05) is 0 Å². The highest BCUT2D eigenvalue weighted by atomic mass is 16.4. The number of aliphatic carboxylic acids is 1. The Morgan fingerprint density at radius 3 is 2.00 bits per heavy atom. The van der Waals surface area contributed by atoms with Crippen molar-refractivity contribution in [3.8, 4) is 0 Å². The molecule has 4 nitrogen and oxygen atoms in total. The lowest BCUT2D eigenvalue weighted by molar-refractivity contribution is -0.139. The minimum absolute atomic E-state index is 0.0491. The number of rotatable bonds is 7. The van der Waals surface area contributed by atoms with Crippen LogP contribution in [0, 0.1) is 17.8 Å². The highest BCUT2D eigenvalue weighted by molar-refractivity contribution is 5.78. The van der Waals surface area contributed by atoms with E-state index in [-0.39, 0.29) is 18.2 Å². The van der Waals surface area contributed by atoms with Crippen LogP contribution in [0.3, 0.4) is 0 Å². The second-order valence-corrected chi connectivity index (χ2v) is 6.12. The van der Waals surface area contributed by atoms with Crippen LogP contribution in [-0.2, 0) is 9.59 Å². The largest absolute Gasteiger partial charge is 0.481 e. The van der Waals surface area contributed by atoms with Crippen molar-refractivity contribution in [3.63, 3.8) is 0 Å². The molecule has 0 bridgehead atoms. The van der Waals surface area contributed by atoms with Gasteiger partial charge in [-0.25, -0.2) is 0 Å². The molecule has 2 unspecified atom stereocenters. The van der Waals surface area contributed by atoms with Crippen molar-refractivity contribution in [3.05, 3.63) is 0 Å². The lowest BCUT2D eigenvalue weighted by Crippen LogP contribution is -2.51. The number of carboxylic acid groups (broad SMARTS) is 1. The van der Waals surface area contributed by atoms with E-state index in [2.05, 4.69) is 19.2 Å². The van der Waals surface area contributed by atoms with E-state index < -0.39 is 11.5 Å². The van der Waals surface area contributed by atoms with E-state index in [1.807, 2.05) is 20.8 Å². The van der Waals surface area contributed by atoms with E-state index in [1.54, 1.807) is 6.92 Å². The molecule has 0 aromatic heterocycles. The fourth-order valence-electron chi connectivity index (χ4n) is 1.60. The minimum Gasteiger partial charge on any atom is -0.481 e. The lowest BCUT2D eigenvalue weighted by atomic mass is 9.84. The van der Waals surface area contributed by atoms with Crippen LogP contribution in [0.25, 0.3) is 0 Å². The van der Waals surface area contributed by atoms with Crippen LogP contribution >= 0.6 is 0 Å². The molecule has 0 spiro atoms. The number of carboxylic acids is 1. The lowest BCUT2D eigenvalue weighted by Gasteiger charge is -2.34. The Bertz CT molecular complexity index is 299. The second-order valence-electron chi connectivity index (χ2n) is 6.12. The van der Waals surface area contributed by atoms with Gasteiger partial charge in [0.1, 0.15) is 0 Å². The monoisotopic (exact) mass is 257 g/mol. The van der Waals surface area contributed by atoms with E-state index >= 15 is 0 Å². The molecule has 18 heavy (non-hydrogen) atoms. The van der Waals surface area contributed by atoms with Crippen LogP contribution in [-0.4, -0.2) is 22.5 Å². The number of hydrogen-bond acceptors (Lipinski definition) is 2. The van der Waals surface area contributed by atoms with Gasteiger partial charge < -0.3 is 10.4 Å². The van der Waals surface area contributed by atoms with Gasteiger partial charge in [-0.1, -0.05) is 34.6 Å². The van der Waals surface area contributed by atoms with Gasteiger partial charge in [-0.15, -0.1) is 0 Å². The number of carbonyl (C=O) groups is 2. The summed E-state index contributed by atoms with van der Waals surface area (Å²) in [7, 11) is 0. The molecule has 0 heterocycles. The third-order valence-electron chi connectivity index (χ3n) is 3.86. The molecule has 0 fully saturated rings. The van der Waals surface area contributed by atoms with Crippen LogP contribution in [0.1, 0.15) is 54.4 Å². The Kier molecular flexibility index (Phi) is 6.36. The van der Waals surface area contributed by atoms with Crippen LogP contribution in [0.5, 0.6) is 0 Å². The first kappa shape index (κ1) is 16.9. The summed E-state index contributed by atoms with van der Waals surface area (Å²) < 4.78 is 0. The standard InChI is InChI=1S/C14H27NO3/c1-9(2)11(5)7-12(16)15-14(6,10(3)4)8-13(17)18/h9-11H,7-8H2,1-6H3,(H,15,16)(H,17,18). The van der Waals surface area contributed by atoms with Crippen LogP contribution in [0.4, 0.5) is 0 Å². The zero-order chi connectivity index (χ0) is 14.5. The first-order valence-corrected chi connectivity index (χ1v) is 6.61. The summed E-state index contributed by atoms with van der Waals surface area (Å²) in [6, 6.07) is 0. The smallest absolute Gasteiger partial charge is 0.305 e. The topological polar surface area (TPSA) is 66.4 Å². The van der Waals surface area contributed by atoms with Gasteiger partial charge in [-0.2, -0.15) is 0 Å². The fourth-order valence-corrected chi connectivity index (χ4v) is 1.60. The molecule has 0 aliphatic rings. The molecule has 0 aromatic rings. The third-order valence-corrected chi connectivity index (χ3v) is 3.86. The van der Waals surface area contributed by atoms with Gasteiger partial charge in [0.05, 0.1) is 6.42 Å². The molecular formula is C14H27NO3. The number of hydrogen-bond donors (Lipinski definition) is 2. The van der Waals surface area contributed by atoms with E-state index in [1.165, 1.54) is 0 Å². The summed E-state index contributed by atoms with van der Waals surface area (Å²) in [6.45, 7) is 11.8. The second kappa shape index (κ2) is 6.76. The summed E-state index contributed by atoms with van der Waals surface area (Å²) in [6.07, 6.45) is 0.395. The molecule has 0 saturated carbocycles. The van der Waals surface area contributed by atoms with Crippen molar-refractivity contribution in [1.29, 1.82) is 0 Å². The zero-order valence-corrected chi connectivity index (χ0v) is 12.4. The maximum Gasteiger partial charge on any atom is 0.305 e. The predicted octanol–water partition coefficient (Wildman–Crippen LogP) is 2.67. The summed E-state index contributed by atoms with van der Waals surface area (Å²) in [5.41, 5.74) is -0.681. The molecule has 106 valence electrons. The third kappa shape index (κ3) is 5.52. The van der Waals surface area contributed by atoms with Gasteiger partial charge in [0, 0.05) is 12.0 Å². The molecule has 0 radical (unpaired) electrons. The zero-order valence-electron chi connectivity index (χ0n) is 12.4. The van der Waals surface area contributed by atoms with Crippen molar-refractivity contribution >= 4 is 11.9 Å². The van der Waals surface area contributed by atoms with E-state index in [4.69, 9.17) is 5.11 Å². The molecule has 0 aliphatic carbocycles. The molecule has 1 amide bonds. The maximum absolute atomic E-state index is 12.0. The predicted molar refractivity (Wildman–Crippen MR) is 72.3 cm³/mol. The van der Waals surface area contributed by atoms with E-state index in [0.717, 1.165) is 0 Å². The summed E-state index contributed by atoms with van der Waals surface area (Å²) in [5, 5.41) is 11.8. The summed E-state index contributed by atoms with van der Waals surface area (Å²) in [5.74, 6) is -0.129. The normalized spacial score (nSPS) is 16.4. The quantitative estimate of drug-likeness (QED) is 0.737. The Hall–Kier alpha value is -1.06. The Morgan fingerprint density at radius 2 is 1.67 bits per heavy atom. The van der Waals surface area contributed by atoms with Gasteiger partial charge in [-0.3, -0.25) is 9.59 Å². The molecular weight excluding hydrogens is 230 g/mol. The highest BCUT2D eigenvalue weighted by Gasteiger charge is 2.33. The SMILES string of the molecule is CC(C)C(C)CC(=O)NC(C)(CC(=O)O)C(C)C. The molecule has 2 N–H and O–H groups in total. The average molecular weight is 257 g/mol. The Morgan fingerprint density at radius 1 is 1.17 bits per heavy atom. The fraction of sp³-hybridized carbons (Fsp3) is 0.857. The highest BCUT2D eigenvalue weighted by Crippen LogP contribution is 2.22. The van der Waals surface area contributed by atoms with Crippen molar-refractivity contribution in [1.82, 2.24) is 5.32 Å². The average Bonchev–Trinajstić information content (AvgIpc) is 2.14. The van der Waals surface area contributed by atoms with Crippen LogP contribution in [0.2, 0.25) is 0 Å². The van der Waals surface area contributed by atoms with Gasteiger partial charge in [-0.05, 0) is 24.7 Å². The van der Waals surface area contributed by atoms with Gasteiger partial charge in [0.25, 0.3) is 0 Å². The summed E-state index contributed by atoms with van der Waals surface area (Å²) in [4.78, 5) is 22.8. The van der Waals surface area contributed by atoms with E-state index in [0.29, 0.717) is 18.3 Å². The molecule has 0 aromatic carbocycles. The Labute approximate surface area is 110 Å². The number of nitrogens with one attached hydrogen (secondary N) is 1. The van der Waals surface area contributed by atoms with Crippen molar-refractivity contribution in [2.45, 2.75) is 59.9 Å². The molecule has 4 heteroatoms. The first-order chi connectivity index (χ1) is 8.08. The minimum atomic E-state index is -0.886. The Balaban J connectivity index is 4.60. The van der Waals surface area contributed by atoms with Gasteiger partial charge in [0.2, 0.25) is 5.91 Å². The molecule has 0 aliphatic heterocycles. The van der Waals surface area contributed by atoms with Crippen molar-refractivity contribution in [2.24, 2.45) is 17.8 Å². The summed E-state index contributed by atoms with van der Waals surface area (Å²) >= 11 is 0.